The van der Waals surface area contributed by atoms with Gasteiger partial charge in [0.25, 0.3) is 0 Å². The molecule has 96 valence electrons. The van der Waals surface area contributed by atoms with Crippen molar-refractivity contribution in [2.75, 3.05) is 0 Å². The summed E-state index contributed by atoms with van der Waals surface area (Å²) in [7, 11) is 0. The maximum atomic E-state index is 8.64. The third kappa shape index (κ3) is 3.46. The molecule has 1 aromatic carbocycles. The van der Waals surface area contributed by atoms with Crippen LogP contribution in [-0.4, -0.2) is 0 Å². The van der Waals surface area contributed by atoms with E-state index in [0.717, 1.165) is 20.8 Å². The first kappa shape index (κ1) is 3.97. The van der Waals surface area contributed by atoms with E-state index >= 15 is 0 Å². The van der Waals surface area contributed by atoms with E-state index in [2.05, 4.69) is 0 Å². The zero-order valence-corrected chi connectivity index (χ0v) is 12.0. The van der Waals surface area contributed by atoms with Gasteiger partial charge in [0.15, 0.2) is 0 Å². The molecule has 0 heterocycles. The Bertz CT molecular complexity index is 846. The minimum absolute atomic E-state index is 0.524. The Morgan fingerprint density at radius 1 is 1.24 bits per heavy atom. The molecule has 1 aromatic rings. The van der Waals surface area contributed by atoms with Gasteiger partial charge < -0.3 is 0 Å². The van der Waals surface area contributed by atoms with E-state index in [1.165, 1.54) is 22.6 Å². The lowest BCUT2D eigenvalue weighted by molar-refractivity contribution is 0.586. The van der Waals surface area contributed by atoms with Crippen molar-refractivity contribution in [3.8, 4) is 0 Å². The molecule has 0 bridgehead atoms. The normalized spacial score (nSPS) is 33.4. The molecule has 1 heteroatoms. The van der Waals surface area contributed by atoms with Crippen molar-refractivity contribution in [3.05, 3.63) is 32.3 Å². The van der Waals surface area contributed by atoms with Crippen molar-refractivity contribution in [2.45, 2.75) is 65.4 Å². The number of halogens is 1. The van der Waals surface area contributed by atoms with E-state index in [9.17, 15) is 0 Å². The van der Waals surface area contributed by atoms with E-state index in [1.54, 1.807) is 0 Å². The molecule has 0 aliphatic carbocycles. The monoisotopic (exact) mass is 360 g/mol. The number of rotatable bonds is 2. The second-order valence-electron chi connectivity index (χ2n) is 4.31. The van der Waals surface area contributed by atoms with Gasteiger partial charge in [-0.1, -0.05) is 60.3 Å². The fourth-order valence-corrected chi connectivity index (χ4v) is 2.20. The molecule has 0 fully saturated rings. The van der Waals surface area contributed by atoms with Crippen LogP contribution >= 0.6 is 22.6 Å². The predicted molar refractivity (Wildman–Crippen MR) is 86.0 cm³/mol. The Balaban J connectivity index is 4.61. The molecule has 0 N–H and O–H groups in total. The van der Waals surface area contributed by atoms with Gasteiger partial charge in [0.1, 0.15) is 0 Å². The fourth-order valence-electron chi connectivity index (χ4n) is 1.26. The lowest BCUT2D eigenvalue weighted by Crippen LogP contribution is -2.14. The highest BCUT2D eigenvalue weighted by atomic mass is 127. The summed E-state index contributed by atoms with van der Waals surface area (Å²) in [5.74, 6) is -6.09. The van der Waals surface area contributed by atoms with Crippen LogP contribution in [-0.2, 0) is 5.41 Å². The van der Waals surface area contributed by atoms with Crippen LogP contribution in [0.3, 0.4) is 0 Å². The Labute approximate surface area is 143 Å². The minimum atomic E-state index is -3.56. The van der Waals surface area contributed by atoms with Crippen LogP contribution in [0.25, 0.3) is 0 Å². The van der Waals surface area contributed by atoms with Crippen molar-refractivity contribution in [2.24, 2.45) is 0 Å². The van der Waals surface area contributed by atoms with Gasteiger partial charge in [0, 0.05) is 22.8 Å². The van der Waals surface area contributed by atoms with Crippen molar-refractivity contribution >= 4 is 22.6 Å². The summed E-state index contributed by atoms with van der Waals surface area (Å²) >= 11 is 1.36. The first-order valence-corrected chi connectivity index (χ1v) is 6.02. The average molecular weight is 360 g/mol. The predicted octanol–water partition coefficient (Wildman–Crippen LogP) is 5.84. The minimum Gasteiger partial charge on any atom is -0.0586 e. The second-order valence-corrected chi connectivity index (χ2v) is 5.39. The molecular formula is C16H25I. The molecule has 0 aliphatic rings. The molecule has 0 saturated heterocycles. The third-order valence-electron chi connectivity index (χ3n) is 2.19. The molecule has 0 radical (unpaired) electrons. The Kier molecular flexibility index (Phi) is 1.24. The van der Waals surface area contributed by atoms with Gasteiger partial charge in [-0.3, -0.25) is 0 Å². The molecule has 0 amide bonds. The molecule has 1 rings (SSSR count). The molecule has 17 heavy (non-hydrogen) atoms. The number of hydrogen-bond acceptors (Lipinski definition) is 0. The van der Waals surface area contributed by atoms with Gasteiger partial charge in [0.2, 0.25) is 0 Å². The van der Waals surface area contributed by atoms with E-state index in [-0.39, 0.29) is 0 Å². The van der Waals surface area contributed by atoms with Gasteiger partial charge in [-0.25, -0.2) is 0 Å². The molecular weight excluding hydrogens is 319 g/mol. The van der Waals surface area contributed by atoms with Gasteiger partial charge >= 0.3 is 0 Å². The fraction of sp³-hybridized carbons (Fsp3) is 0.625. The van der Waals surface area contributed by atoms with Gasteiger partial charge in [0.05, 0.1) is 2.74 Å². The van der Waals surface area contributed by atoms with Crippen LogP contribution in [0.5, 0.6) is 0 Å². The molecule has 0 aromatic heterocycles. The Morgan fingerprint density at radius 3 is 2.24 bits per heavy atom. The zero-order valence-electron chi connectivity index (χ0n) is 25.9. The van der Waals surface area contributed by atoms with E-state index in [0.29, 0.717) is 0 Å². The summed E-state index contributed by atoms with van der Waals surface area (Å²) in [5.41, 5.74) is -4.32. The maximum absolute atomic E-state index is 8.64. The van der Waals surface area contributed by atoms with Gasteiger partial charge in [-0.05, 0) is 56.5 Å². The van der Waals surface area contributed by atoms with E-state index in [4.69, 9.17) is 21.9 Å². The van der Waals surface area contributed by atoms with Crippen LogP contribution in [0, 0.1) is 3.57 Å². The Morgan fingerprint density at radius 2 is 1.76 bits per heavy atom. The van der Waals surface area contributed by atoms with Crippen molar-refractivity contribution in [1.82, 2.24) is 0 Å². The topological polar surface area (TPSA) is 0 Å². The van der Waals surface area contributed by atoms with Crippen LogP contribution in [0.4, 0.5) is 0 Å². The van der Waals surface area contributed by atoms with Crippen molar-refractivity contribution in [1.29, 1.82) is 0 Å². The Hall–Kier alpha value is -0.0500. The lowest BCUT2D eigenvalue weighted by atomic mass is 9.82. The standard InChI is InChI=1S/C16H25I/c1-10(2)13-8-12(16(5,6)7)9-14(11(3)4)15(13)17/h8-11H,1-7H3/i1D3,2D3,3D3,5D3,8D,9D,10D,11D. The summed E-state index contributed by atoms with van der Waals surface area (Å²) < 4.78 is 128. The molecule has 0 saturated carbocycles. The zero-order chi connectivity index (χ0) is 27.0. The van der Waals surface area contributed by atoms with Gasteiger partial charge in [-0.15, -0.1) is 0 Å². The van der Waals surface area contributed by atoms with Crippen LogP contribution in [0.15, 0.2) is 12.1 Å². The number of hydrogen-bond donors (Lipinski definition) is 0. The average Bonchev–Trinajstić information content (AvgIpc) is 2.49. The molecule has 0 aliphatic heterocycles. The van der Waals surface area contributed by atoms with Gasteiger partial charge in [-0.2, -0.15) is 0 Å². The molecule has 1 atom stereocenters. The third-order valence-corrected chi connectivity index (χ3v) is 3.27. The highest BCUT2D eigenvalue weighted by Crippen LogP contribution is 2.34. The summed E-state index contributed by atoms with van der Waals surface area (Å²) in [4.78, 5) is 0. The molecule has 1 unspecified atom stereocenters. The lowest BCUT2D eigenvalue weighted by Gasteiger charge is -2.25. The highest BCUT2D eigenvalue weighted by molar-refractivity contribution is 14.1. The van der Waals surface area contributed by atoms with Crippen LogP contribution < -0.4 is 0 Å². The smallest absolute Gasteiger partial charge is 0.0586 e. The summed E-state index contributed by atoms with van der Waals surface area (Å²) in [6.07, 6.45) is 0. The quantitative estimate of drug-likeness (QED) is 0.582. The molecule has 0 nitrogen and oxygen atoms in total. The first-order valence-electron chi connectivity index (χ1n) is 12.9. The summed E-state index contributed by atoms with van der Waals surface area (Å²) in [6.45, 7) is -9.95. The van der Waals surface area contributed by atoms with Crippen molar-refractivity contribution < 1.29 is 21.9 Å². The second kappa shape index (κ2) is 5.29. The first-order chi connectivity index (χ1) is 14.1. The largest absolute Gasteiger partial charge is 0.0629 e. The van der Waals surface area contributed by atoms with Crippen LogP contribution in [0.2, 0.25) is 0 Å². The van der Waals surface area contributed by atoms with E-state index in [1.807, 2.05) is 0 Å². The highest BCUT2D eigenvalue weighted by Gasteiger charge is 2.20. The molecule has 0 spiro atoms. The number of benzene rings is 1. The summed E-state index contributed by atoms with van der Waals surface area (Å²) in [5, 5.41) is 0. The maximum Gasteiger partial charge on any atom is 0.0629 e. The SMILES string of the molecule is [2H]c1c(C([2H])(C)C([2H])([2H])[2H])c(I)c(C([2H])(C([2H])([2H])[2H])C([2H])([2H])[2H])c([2H])c1C(C)(C)C([2H])([2H])[2H]. The summed E-state index contributed by atoms with van der Waals surface area (Å²) in [6, 6.07) is -1.75. The van der Waals surface area contributed by atoms with E-state index < -0.39 is 77.0 Å². The van der Waals surface area contributed by atoms with Crippen LogP contribution in [0.1, 0.15) is 98.6 Å². The van der Waals surface area contributed by atoms with Crippen molar-refractivity contribution in [3.63, 3.8) is 0 Å².